The molecule has 1 aromatic carbocycles. The van der Waals surface area contributed by atoms with Gasteiger partial charge in [0.25, 0.3) is 0 Å². The van der Waals surface area contributed by atoms with E-state index in [1.807, 2.05) is 0 Å². The van der Waals surface area contributed by atoms with Gasteiger partial charge in [-0.15, -0.1) is 0 Å². The quantitative estimate of drug-likeness (QED) is 0.740. The number of hydrogen-bond donors (Lipinski definition) is 3. The van der Waals surface area contributed by atoms with Gasteiger partial charge in [-0.2, -0.15) is 0 Å². The molecule has 0 heterocycles. The Morgan fingerprint density at radius 1 is 1.35 bits per heavy atom. The van der Waals surface area contributed by atoms with Gasteiger partial charge in [-0.25, -0.2) is 13.2 Å². The van der Waals surface area contributed by atoms with Crippen LogP contribution in [-0.2, 0) is 9.84 Å². The van der Waals surface area contributed by atoms with E-state index in [2.05, 4.69) is 10.6 Å². The molecule has 0 aromatic heterocycles. The van der Waals surface area contributed by atoms with E-state index < -0.39 is 22.0 Å². The van der Waals surface area contributed by atoms with Crippen molar-refractivity contribution in [3.8, 4) is 0 Å². The van der Waals surface area contributed by atoms with E-state index in [0.717, 1.165) is 12.8 Å². The van der Waals surface area contributed by atoms with Crippen molar-refractivity contribution in [3.05, 3.63) is 24.3 Å². The first kappa shape index (κ1) is 17.7. The number of urea groups is 1. The predicted octanol–water partition coefficient (Wildman–Crippen LogP) is 2.30. The smallest absolute Gasteiger partial charge is 0.319 e. The number of sulfone groups is 1. The van der Waals surface area contributed by atoms with Crippen molar-refractivity contribution in [2.24, 2.45) is 0 Å². The number of anilines is 1. The molecule has 1 saturated carbocycles. The lowest BCUT2D eigenvalue weighted by atomic mass is 10.3. The number of carbonyl (C=O) groups excluding carboxylic acids is 1. The molecular weight excluding hydrogens is 316 g/mol. The molecule has 1 aliphatic carbocycles. The standard InChI is InChI=1S/C16H24N2O4S/c1-12(19)9-10-17-16(20)18-13-5-4-8-15(11-13)23(21,22)14-6-2-3-7-14/h4-5,8,11-12,14,19H,2-3,6-7,9-10H2,1H3,(H2,17,18,20). The lowest BCUT2D eigenvalue weighted by molar-refractivity contribution is 0.184. The molecule has 23 heavy (non-hydrogen) atoms. The molecule has 1 aromatic rings. The maximum atomic E-state index is 12.6. The van der Waals surface area contributed by atoms with E-state index in [4.69, 9.17) is 5.11 Å². The molecule has 2 rings (SSSR count). The summed E-state index contributed by atoms with van der Waals surface area (Å²) in [5, 5.41) is 14.1. The highest BCUT2D eigenvalue weighted by atomic mass is 32.2. The molecule has 1 unspecified atom stereocenters. The van der Waals surface area contributed by atoms with Crippen LogP contribution in [0.5, 0.6) is 0 Å². The molecule has 7 heteroatoms. The lowest BCUT2D eigenvalue weighted by Crippen LogP contribution is -2.31. The zero-order valence-corrected chi connectivity index (χ0v) is 14.1. The first-order valence-corrected chi connectivity index (χ1v) is 9.51. The summed E-state index contributed by atoms with van der Waals surface area (Å²) in [6.07, 6.45) is 3.31. The highest BCUT2D eigenvalue weighted by molar-refractivity contribution is 7.92. The number of hydrogen-bond acceptors (Lipinski definition) is 4. The number of benzene rings is 1. The predicted molar refractivity (Wildman–Crippen MR) is 89.2 cm³/mol. The molecule has 2 amide bonds. The largest absolute Gasteiger partial charge is 0.393 e. The Bertz CT molecular complexity index is 637. The third-order valence-electron chi connectivity index (χ3n) is 4.01. The Balaban J connectivity index is 2.01. The van der Waals surface area contributed by atoms with Gasteiger partial charge in [-0.1, -0.05) is 18.9 Å². The summed E-state index contributed by atoms with van der Waals surface area (Å²) >= 11 is 0. The second-order valence-electron chi connectivity index (χ2n) is 6.00. The molecule has 0 saturated heterocycles. The van der Waals surface area contributed by atoms with Crippen LogP contribution in [0.4, 0.5) is 10.5 Å². The van der Waals surface area contributed by atoms with E-state index in [-0.39, 0.29) is 10.1 Å². The summed E-state index contributed by atoms with van der Waals surface area (Å²) in [5.74, 6) is 0. The van der Waals surface area contributed by atoms with Crippen molar-refractivity contribution in [2.45, 2.75) is 55.3 Å². The molecule has 128 valence electrons. The average molecular weight is 340 g/mol. The molecule has 0 bridgehead atoms. The Kier molecular flexibility index (Phi) is 6.01. The van der Waals surface area contributed by atoms with Gasteiger partial charge in [-0.05, 0) is 44.4 Å². The van der Waals surface area contributed by atoms with Gasteiger partial charge >= 0.3 is 6.03 Å². The normalized spacial score (nSPS) is 17.0. The average Bonchev–Trinajstić information content (AvgIpc) is 3.02. The Morgan fingerprint density at radius 2 is 2.04 bits per heavy atom. The van der Waals surface area contributed by atoms with E-state index in [9.17, 15) is 13.2 Å². The SMILES string of the molecule is CC(O)CCNC(=O)Nc1cccc(S(=O)(=O)C2CCCC2)c1. The lowest BCUT2D eigenvalue weighted by Gasteiger charge is -2.13. The third kappa shape index (κ3) is 4.94. The van der Waals surface area contributed by atoms with Crippen molar-refractivity contribution in [1.29, 1.82) is 0 Å². The molecule has 6 nitrogen and oxygen atoms in total. The molecule has 1 atom stereocenters. The van der Waals surface area contributed by atoms with Gasteiger partial charge in [0.05, 0.1) is 16.2 Å². The molecule has 3 N–H and O–H groups in total. The van der Waals surface area contributed by atoms with Gasteiger partial charge in [0.2, 0.25) is 0 Å². The Hall–Kier alpha value is -1.60. The highest BCUT2D eigenvalue weighted by Gasteiger charge is 2.30. The molecule has 1 fully saturated rings. The number of aliphatic hydroxyl groups excluding tert-OH is 1. The highest BCUT2D eigenvalue weighted by Crippen LogP contribution is 2.30. The monoisotopic (exact) mass is 340 g/mol. The van der Waals surface area contributed by atoms with Crippen LogP contribution in [0.3, 0.4) is 0 Å². The van der Waals surface area contributed by atoms with Gasteiger partial charge in [0.15, 0.2) is 9.84 Å². The fourth-order valence-electron chi connectivity index (χ4n) is 2.71. The summed E-state index contributed by atoms with van der Waals surface area (Å²) in [6.45, 7) is 2.00. The summed E-state index contributed by atoms with van der Waals surface area (Å²) in [7, 11) is -3.33. The van der Waals surface area contributed by atoms with Crippen molar-refractivity contribution >= 4 is 21.6 Å². The first-order valence-electron chi connectivity index (χ1n) is 7.96. The maximum absolute atomic E-state index is 12.6. The molecule has 1 aliphatic rings. The second-order valence-corrected chi connectivity index (χ2v) is 8.23. The van der Waals surface area contributed by atoms with Crippen molar-refractivity contribution in [2.75, 3.05) is 11.9 Å². The zero-order chi connectivity index (χ0) is 16.9. The minimum absolute atomic E-state index is 0.256. The fraction of sp³-hybridized carbons (Fsp3) is 0.562. The molecular formula is C16H24N2O4S. The van der Waals surface area contributed by atoms with Crippen LogP contribution in [-0.4, -0.2) is 37.5 Å². The molecule has 0 aliphatic heterocycles. The number of nitrogens with one attached hydrogen (secondary N) is 2. The van der Waals surface area contributed by atoms with E-state index in [1.165, 1.54) is 6.07 Å². The zero-order valence-electron chi connectivity index (χ0n) is 13.3. The Labute approximate surface area is 137 Å². The van der Waals surface area contributed by atoms with Crippen LogP contribution in [0, 0.1) is 0 Å². The minimum Gasteiger partial charge on any atom is -0.393 e. The van der Waals surface area contributed by atoms with Crippen LogP contribution in [0.1, 0.15) is 39.0 Å². The van der Waals surface area contributed by atoms with Gasteiger partial charge in [-0.3, -0.25) is 0 Å². The topological polar surface area (TPSA) is 95.5 Å². The first-order chi connectivity index (χ1) is 10.9. The van der Waals surface area contributed by atoms with Crippen LogP contribution >= 0.6 is 0 Å². The number of aliphatic hydroxyl groups is 1. The summed E-state index contributed by atoms with van der Waals surface area (Å²) in [5.41, 5.74) is 0.443. The number of carbonyl (C=O) groups is 1. The van der Waals surface area contributed by atoms with Gasteiger partial charge < -0.3 is 15.7 Å². The fourth-order valence-corrected chi connectivity index (χ4v) is 4.61. The molecule has 0 spiro atoms. The van der Waals surface area contributed by atoms with E-state index >= 15 is 0 Å². The summed E-state index contributed by atoms with van der Waals surface area (Å²) < 4.78 is 25.1. The van der Waals surface area contributed by atoms with Crippen LogP contribution in [0.15, 0.2) is 29.2 Å². The second kappa shape index (κ2) is 7.79. The van der Waals surface area contributed by atoms with E-state index in [1.54, 1.807) is 25.1 Å². The minimum atomic E-state index is -3.33. The Morgan fingerprint density at radius 3 is 2.70 bits per heavy atom. The summed E-state index contributed by atoms with van der Waals surface area (Å²) in [6, 6.07) is 5.95. The van der Waals surface area contributed by atoms with Crippen LogP contribution in [0.25, 0.3) is 0 Å². The van der Waals surface area contributed by atoms with E-state index in [0.29, 0.717) is 31.5 Å². The third-order valence-corrected chi connectivity index (χ3v) is 6.27. The van der Waals surface area contributed by atoms with Crippen molar-refractivity contribution < 1.29 is 18.3 Å². The van der Waals surface area contributed by atoms with Crippen LogP contribution in [0.2, 0.25) is 0 Å². The van der Waals surface area contributed by atoms with Crippen molar-refractivity contribution in [3.63, 3.8) is 0 Å². The molecule has 0 radical (unpaired) electrons. The maximum Gasteiger partial charge on any atom is 0.319 e. The van der Waals surface area contributed by atoms with Crippen LogP contribution < -0.4 is 10.6 Å². The summed E-state index contributed by atoms with van der Waals surface area (Å²) in [4.78, 5) is 12.0. The van der Waals surface area contributed by atoms with Gasteiger partial charge in [0.1, 0.15) is 0 Å². The number of rotatable bonds is 6. The van der Waals surface area contributed by atoms with Gasteiger partial charge in [0, 0.05) is 12.2 Å². The number of amides is 2. The van der Waals surface area contributed by atoms with Crippen molar-refractivity contribution in [1.82, 2.24) is 5.32 Å².